The third-order valence-electron chi connectivity index (χ3n) is 11.8. The predicted octanol–water partition coefficient (Wildman–Crippen LogP) is 16.7. The Morgan fingerprint density at radius 2 is 0.928 bits per heavy atom. The monoisotopic (exact) mass is 986 g/mol. The number of hydrogen-bond acceptors (Lipinski definition) is 6. The van der Waals surface area contributed by atoms with Gasteiger partial charge in [-0.15, -0.1) is 0 Å². The van der Waals surface area contributed by atoms with Crippen LogP contribution in [0.25, 0.3) is 0 Å². The van der Waals surface area contributed by atoms with E-state index in [0.29, 0.717) is 23.9 Å². The Hall–Kier alpha value is -2.81. The number of carbonyl (C=O) groups is 2. The average Bonchev–Trinajstić information content (AvgIpc) is 3.31. The average molecular weight is 986 g/mol. The topological polar surface area (TPSA) is 111 Å². The van der Waals surface area contributed by atoms with Crippen molar-refractivity contribution in [1.29, 1.82) is 0 Å². The van der Waals surface area contributed by atoms with Crippen LogP contribution in [0.1, 0.15) is 226 Å². The van der Waals surface area contributed by atoms with Crippen molar-refractivity contribution in [3.63, 3.8) is 0 Å². The lowest BCUT2D eigenvalue weighted by Crippen LogP contribution is -2.47. The standard InChI is InChI=1S/C59H105N2O7P/c1-7-10-13-16-19-22-25-26-27-28-29-30-31-32-33-34-37-40-43-46-49-52-59(63)68-57(50-47-44-41-38-35-23-20-17-14-11-8-2)56(55-67-69(64,65)66-54-53-61(4,5)6)60-58(62)51-48-45-42-39-36-24-21-18-15-12-9-3/h10,13,19,22,26-27,29-30,32-33,37,40,47,50,56-57H,7-9,11-12,14-18,20-21,23-25,28,31,34-36,38-39,41-46,48-49,51-55H2,1-6H3,(H-,60,62,64,65)/p+1/b13-10-,22-19-,27-26-,30-29-,33-32-,40-37-,50-47+. The highest BCUT2D eigenvalue weighted by atomic mass is 31.2. The molecule has 0 aromatic rings. The van der Waals surface area contributed by atoms with Crippen molar-refractivity contribution in [3.05, 3.63) is 85.1 Å². The second kappa shape index (κ2) is 48.8. The summed E-state index contributed by atoms with van der Waals surface area (Å²) in [5.74, 6) is -0.561. The predicted molar refractivity (Wildman–Crippen MR) is 295 cm³/mol. The van der Waals surface area contributed by atoms with Gasteiger partial charge in [0.05, 0.1) is 33.8 Å². The molecule has 0 spiro atoms. The fraction of sp³-hybridized carbons (Fsp3) is 0.729. The van der Waals surface area contributed by atoms with Crippen LogP contribution < -0.4 is 5.32 Å². The first-order valence-corrected chi connectivity index (χ1v) is 29.4. The Labute approximate surface area is 425 Å². The van der Waals surface area contributed by atoms with Crippen LogP contribution in [-0.2, 0) is 27.9 Å². The van der Waals surface area contributed by atoms with E-state index in [-0.39, 0.29) is 31.5 Å². The fourth-order valence-corrected chi connectivity index (χ4v) is 8.27. The molecule has 2 N–H and O–H groups in total. The molecule has 0 aromatic carbocycles. The van der Waals surface area contributed by atoms with E-state index >= 15 is 0 Å². The second-order valence-electron chi connectivity index (χ2n) is 19.7. The lowest BCUT2D eigenvalue weighted by molar-refractivity contribution is -0.870. The molecule has 1 amide bonds. The number of nitrogens with one attached hydrogen (secondary N) is 1. The maximum absolute atomic E-state index is 13.4. The highest BCUT2D eigenvalue weighted by molar-refractivity contribution is 7.47. The number of likely N-dealkylation sites (N-methyl/N-ethyl adjacent to an activating group) is 1. The van der Waals surface area contributed by atoms with Crippen molar-refractivity contribution < 1.29 is 37.3 Å². The molecule has 0 aromatic heterocycles. The lowest BCUT2D eigenvalue weighted by atomic mass is 10.0. The number of rotatable bonds is 49. The minimum Gasteiger partial charge on any atom is -0.456 e. The molecular weight excluding hydrogens is 880 g/mol. The SMILES string of the molecule is CC/C=C\C/C=C\C/C=C\C/C=C\C/C=C\C/C=C\CCCCC(=O)OC(/C=C/CCCCCCCCCCC)C(COP(=O)(O)OCC[N+](C)(C)C)NC(=O)CCCCCCCCCCCCC. The molecule has 10 heteroatoms. The number of hydrogen-bond donors (Lipinski definition) is 2. The zero-order valence-electron chi connectivity index (χ0n) is 45.3. The molecule has 0 radical (unpaired) electrons. The lowest BCUT2D eigenvalue weighted by Gasteiger charge is -2.27. The van der Waals surface area contributed by atoms with Crippen LogP contribution >= 0.6 is 7.82 Å². The summed E-state index contributed by atoms with van der Waals surface area (Å²) in [5.41, 5.74) is 0. The molecule has 398 valence electrons. The molecule has 3 unspecified atom stereocenters. The van der Waals surface area contributed by atoms with Gasteiger partial charge in [0, 0.05) is 12.8 Å². The van der Waals surface area contributed by atoms with E-state index in [1.807, 2.05) is 33.3 Å². The summed E-state index contributed by atoms with van der Waals surface area (Å²) >= 11 is 0. The second-order valence-corrected chi connectivity index (χ2v) is 21.2. The molecule has 0 aliphatic carbocycles. The number of phosphoric acid groups is 1. The Morgan fingerprint density at radius 3 is 1.41 bits per heavy atom. The van der Waals surface area contributed by atoms with Crippen molar-refractivity contribution in [1.82, 2.24) is 5.32 Å². The number of esters is 1. The third kappa shape index (κ3) is 49.9. The molecule has 0 aliphatic heterocycles. The number of nitrogens with zero attached hydrogens (tertiary/aromatic N) is 1. The first kappa shape index (κ1) is 66.2. The molecule has 0 saturated carbocycles. The molecule has 0 bridgehead atoms. The van der Waals surface area contributed by atoms with Crippen molar-refractivity contribution in [2.45, 2.75) is 238 Å². The summed E-state index contributed by atoms with van der Waals surface area (Å²) < 4.78 is 30.5. The highest BCUT2D eigenvalue weighted by Gasteiger charge is 2.30. The minimum absolute atomic E-state index is 0.0305. The van der Waals surface area contributed by atoms with Gasteiger partial charge in [0.2, 0.25) is 5.91 Å². The molecule has 0 aliphatic rings. The van der Waals surface area contributed by atoms with Crippen LogP contribution in [0.2, 0.25) is 0 Å². The van der Waals surface area contributed by atoms with Crippen LogP contribution in [0.3, 0.4) is 0 Å². The van der Waals surface area contributed by atoms with Gasteiger partial charge in [-0.3, -0.25) is 18.6 Å². The Bertz CT molecular complexity index is 1460. The first-order valence-electron chi connectivity index (χ1n) is 27.9. The van der Waals surface area contributed by atoms with E-state index in [1.165, 1.54) is 96.3 Å². The summed E-state index contributed by atoms with van der Waals surface area (Å²) in [4.78, 5) is 37.5. The Kier molecular flexibility index (Phi) is 46.8. The smallest absolute Gasteiger partial charge is 0.456 e. The van der Waals surface area contributed by atoms with Crippen LogP contribution in [0.5, 0.6) is 0 Å². The van der Waals surface area contributed by atoms with Gasteiger partial charge < -0.3 is 19.4 Å². The van der Waals surface area contributed by atoms with E-state index in [4.69, 9.17) is 13.8 Å². The Morgan fingerprint density at radius 1 is 0.522 bits per heavy atom. The summed E-state index contributed by atoms with van der Waals surface area (Å²) in [7, 11) is 1.46. The number of unbranched alkanes of at least 4 members (excludes halogenated alkanes) is 21. The van der Waals surface area contributed by atoms with E-state index < -0.39 is 20.0 Å². The van der Waals surface area contributed by atoms with Crippen LogP contribution in [-0.4, -0.2) is 74.3 Å². The number of amides is 1. The molecule has 0 rings (SSSR count). The summed E-state index contributed by atoms with van der Waals surface area (Å²) in [6, 6.07) is -0.866. The summed E-state index contributed by atoms with van der Waals surface area (Å²) in [5, 5.41) is 3.02. The van der Waals surface area contributed by atoms with E-state index in [0.717, 1.165) is 89.9 Å². The van der Waals surface area contributed by atoms with Gasteiger partial charge in [-0.1, -0.05) is 215 Å². The normalized spacial score (nSPS) is 14.5. The zero-order valence-corrected chi connectivity index (χ0v) is 46.2. The van der Waals surface area contributed by atoms with Gasteiger partial charge in [0.1, 0.15) is 19.3 Å². The van der Waals surface area contributed by atoms with E-state index in [1.54, 1.807) is 0 Å². The first-order chi connectivity index (χ1) is 33.4. The maximum atomic E-state index is 13.4. The molecule has 0 fully saturated rings. The number of phosphoric ester groups is 1. The fourth-order valence-electron chi connectivity index (χ4n) is 7.53. The quantitative estimate of drug-likeness (QED) is 0.0205. The number of quaternary nitrogens is 1. The minimum atomic E-state index is -4.45. The summed E-state index contributed by atoms with van der Waals surface area (Å²) in [6.45, 7) is 6.84. The molecule has 9 nitrogen and oxygen atoms in total. The number of ether oxygens (including phenoxy) is 1. The van der Waals surface area contributed by atoms with Crippen molar-refractivity contribution >= 4 is 19.7 Å². The number of carbonyl (C=O) groups excluding carboxylic acids is 2. The highest BCUT2D eigenvalue weighted by Crippen LogP contribution is 2.43. The van der Waals surface area contributed by atoms with Crippen molar-refractivity contribution in [2.75, 3.05) is 40.9 Å². The van der Waals surface area contributed by atoms with Gasteiger partial charge in [-0.05, 0) is 83.1 Å². The van der Waals surface area contributed by atoms with Crippen LogP contribution in [0, 0.1) is 0 Å². The van der Waals surface area contributed by atoms with Gasteiger partial charge in [0.25, 0.3) is 0 Å². The van der Waals surface area contributed by atoms with E-state index in [9.17, 15) is 19.0 Å². The molecule has 3 atom stereocenters. The van der Waals surface area contributed by atoms with Gasteiger partial charge in [-0.25, -0.2) is 4.57 Å². The zero-order chi connectivity index (χ0) is 50.8. The molecular formula is C59H106N2O7P+. The number of allylic oxidation sites excluding steroid dienone is 13. The maximum Gasteiger partial charge on any atom is 0.472 e. The molecule has 0 saturated heterocycles. The van der Waals surface area contributed by atoms with Gasteiger partial charge in [0.15, 0.2) is 0 Å². The van der Waals surface area contributed by atoms with Crippen molar-refractivity contribution in [2.24, 2.45) is 0 Å². The molecule has 69 heavy (non-hydrogen) atoms. The van der Waals surface area contributed by atoms with Crippen LogP contribution in [0.15, 0.2) is 85.1 Å². The molecule has 0 heterocycles. The largest absolute Gasteiger partial charge is 0.472 e. The summed E-state index contributed by atoms with van der Waals surface area (Å²) in [6.07, 6.45) is 63.0. The van der Waals surface area contributed by atoms with Gasteiger partial charge >= 0.3 is 13.8 Å². The van der Waals surface area contributed by atoms with Gasteiger partial charge in [-0.2, -0.15) is 0 Å². The van der Waals surface area contributed by atoms with E-state index in [2.05, 4.69) is 99.0 Å². The van der Waals surface area contributed by atoms with Crippen molar-refractivity contribution in [3.8, 4) is 0 Å². The third-order valence-corrected chi connectivity index (χ3v) is 12.8. The Balaban J connectivity index is 5.37. The van der Waals surface area contributed by atoms with Crippen LogP contribution in [0.4, 0.5) is 0 Å².